The highest BCUT2D eigenvalue weighted by Crippen LogP contribution is 2.35. The Morgan fingerprint density at radius 1 is 1.06 bits per heavy atom. The first-order chi connectivity index (χ1) is 23.3. The molecule has 1 amide bonds. The van der Waals surface area contributed by atoms with E-state index >= 15 is 0 Å². The number of hydrogen-bond acceptors (Lipinski definition) is 7. The second-order valence-electron chi connectivity index (χ2n) is 11.0. The molecule has 1 aliphatic heterocycles. The number of allylic oxidation sites excluding steroid dienone is 2. The van der Waals surface area contributed by atoms with E-state index < -0.39 is 12.0 Å². The van der Waals surface area contributed by atoms with Crippen molar-refractivity contribution >= 4 is 47.2 Å². The number of likely N-dealkylation sites (tertiary alicyclic amines) is 1. The summed E-state index contributed by atoms with van der Waals surface area (Å²) in [5, 5.41) is 14.9. The molecule has 0 radical (unpaired) electrons. The minimum atomic E-state index is -1.02. The summed E-state index contributed by atoms with van der Waals surface area (Å²) in [7, 11) is 1.75. The third kappa shape index (κ3) is 13.5. The Bertz CT molecular complexity index is 1430. The number of aryl methyl sites for hydroxylation is 1. The van der Waals surface area contributed by atoms with Gasteiger partial charge in [0.2, 0.25) is 0 Å². The Labute approximate surface area is 301 Å². The summed E-state index contributed by atoms with van der Waals surface area (Å²) in [6, 6.07) is 23.8. The predicted molar refractivity (Wildman–Crippen MR) is 209 cm³/mol. The quantitative estimate of drug-likeness (QED) is 0.152. The van der Waals surface area contributed by atoms with Crippen molar-refractivity contribution in [3.05, 3.63) is 114 Å². The number of carboxylic acid groups (broad SMARTS) is 1. The van der Waals surface area contributed by atoms with Crippen LogP contribution in [0.1, 0.15) is 48.2 Å². The third-order valence-corrected chi connectivity index (χ3v) is 9.90. The number of methoxy groups -OCH3 is 1. The number of ether oxygens (including phenoxy) is 1. The van der Waals surface area contributed by atoms with E-state index in [0.717, 1.165) is 41.8 Å². The van der Waals surface area contributed by atoms with Gasteiger partial charge in [0.25, 0.3) is 5.91 Å². The molecule has 3 aromatic rings. The van der Waals surface area contributed by atoms with Crippen molar-refractivity contribution in [3.8, 4) is 11.1 Å². The van der Waals surface area contributed by atoms with Crippen molar-refractivity contribution in [2.24, 2.45) is 0 Å². The van der Waals surface area contributed by atoms with Gasteiger partial charge in [0.1, 0.15) is 6.04 Å². The number of carboxylic acids is 1. The fourth-order valence-corrected chi connectivity index (χ4v) is 7.38. The Morgan fingerprint density at radius 3 is 2.38 bits per heavy atom. The SMILES string of the molecule is C=C/C=C/SC.CC.COCC1CC(Sc2ccccc2)CN1Cc1ccc(C(=O)NC(CCSC)C(=O)O)c(-c2ccccc2C)c1. The molecule has 1 heterocycles. The van der Waals surface area contributed by atoms with Crippen LogP contribution in [0.4, 0.5) is 0 Å². The van der Waals surface area contributed by atoms with E-state index in [4.69, 9.17) is 4.74 Å². The summed E-state index contributed by atoms with van der Waals surface area (Å²) < 4.78 is 5.58. The number of hydrogen-bond donors (Lipinski definition) is 2. The minimum Gasteiger partial charge on any atom is -0.480 e. The molecule has 9 heteroatoms. The van der Waals surface area contributed by atoms with Crippen molar-refractivity contribution in [3.63, 3.8) is 0 Å². The van der Waals surface area contributed by atoms with Crippen LogP contribution >= 0.6 is 35.3 Å². The highest BCUT2D eigenvalue weighted by atomic mass is 32.2. The van der Waals surface area contributed by atoms with Gasteiger partial charge in [0.05, 0.1) is 6.61 Å². The van der Waals surface area contributed by atoms with Crippen LogP contribution in [0.3, 0.4) is 0 Å². The lowest BCUT2D eigenvalue weighted by atomic mass is 9.93. The number of nitrogens with one attached hydrogen (secondary N) is 1. The lowest BCUT2D eigenvalue weighted by Gasteiger charge is -2.24. The maximum Gasteiger partial charge on any atom is 0.326 e. The fourth-order valence-electron chi connectivity index (χ4n) is 5.36. The minimum absolute atomic E-state index is 0.309. The molecule has 0 aromatic heterocycles. The molecule has 0 saturated carbocycles. The average Bonchev–Trinajstić information content (AvgIpc) is 3.47. The van der Waals surface area contributed by atoms with E-state index in [2.05, 4.69) is 47.1 Å². The standard InChI is InChI=1S/C32H38N2O4S2.C5H8S.C2H6/c1-22-9-7-8-12-27(22)29-17-23(13-14-28(29)31(35)33-30(32(36)37)15-16-39-3)19-34-20-26(18-24(34)21-38-2)40-25-10-5-4-6-11-25;1-3-4-5-6-2;1-2/h4-14,17,24,26,30H,15-16,18-21H2,1-3H3,(H,33,35)(H,36,37);3-5H,1H2,2H3;1-2H3/b;5-4+;. The van der Waals surface area contributed by atoms with Crippen LogP contribution in [0.15, 0.2) is 102 Å². The number of aliphatic carboxylic acids is 1. The van der Waals surface area contributed by atoms with Gasteiger partial charge in [0.15, 0.2) is 0 Å². The van der Waals surface area contributed by atoms with Gasteiger partial charge in [-0.15, -0.1) is 23.5 Å². The molecule has 3 unspecified atom stereocenters. The maximum atomic E-state index is 13.4. The van der Waals surface area contributed by atoms with Crippen LogP contribution in [0.5, 0.6) is 0 Å². The monoisotopic (exact) mass is 708 g/mol. The molecule has 0 spiro atoms. The first-order valence-electron chi connectivity index (χ1n) is 16.3. The van der Waals surface area contributed by atoms with Gasteiger partial charge in [-0.2, -0.15) is 11.8 Å². The van der Waals surface area contributed by atoms with Gasteiger partial charge in [-0.05, 0) is 90.0 Å². The van der Waals surface area contributed by atoms with E-state index in [1.165, 1.54) is 4.90 Å². The van der Waals surface area contributed by atoms with Gasteiger partial charge in [-0.25, -0.2) is 4.79 Å². The van der Waals surface area contributed by atoms with Crippen LogP contribution in [0, 0.1) is 6.92 Å². The van der Waals surface area contributed by atoms with Gasteiger partial charge >= 0.3 is 5.97 Å². The normalized spacial score (nSPS) is 16.3. The average molecular weight is 709 g/mol. The van der Waals surface area contributed by atoms with E-state index in [9.17, 15) is 14.7 Å². The first kappa shape index (κ1) is 41.2. The van der Waals surface area contributed by atoms with Crippen molar-refractivity contribution in [2.45, 2.75) is 62.4 Å². The molecule has 6 nitrogen and oxygen atoms in total. The largest absolute Gasteiger partial charge is 0.480 e. The zero-order chi connectivity index (χ0) is 35.3. The lowest BCUT2D eigenvalue weighted by molar-refractivity contribution is -0.139. The lowest BCUT2D eigenvalue weighted by Crippen LogP contribution is -2.41. The summed E-state index contributed by atoms with van der Waals surface area (Å²) >= 11 is 5.16. The number of carbonyl (C=O) groups excluding carboxylic acids is 1. The summed E-state index contributed by atoms with van der Waals surface area (Å²) in [5.74, 6) is -0.725. The number of nitrogens with zero attached hydrogens (tertiary/aromatic N) is 1. The molecule has 3 aromatic carbocycles. The summed E-state index contributed by atoms with van der Waals surface area (Å²) in [6.07, 6.45) is 9.03. The van der Waals surface area contributed by atoms with Crippen molar-refractivity contribution < 1.29 is 19.4 Å². The zero-order valence-electron chi connectivity index (χ0n) is 29.2. The van der Waals surface area contributed by atoms with Crippen LogP contribution in [-0.4, -0.2) is 77.7 Å². The second kappa shape index (κ2) is 23.4. The van der Waals surface area contributed by atoms with Crippen LogP contribution in [-0.2, 0) is 16.1 Å². The number of rotatable bonds is 15. The van der Waals surface area contributed by atoms with Gasteiger partial charge in [-0.3, -0.25) is 9.69 Å². The Hall–Kier alpha value is -2.95. The maximum absolute atomic E-state index is 13.4. The molecule has 1 aliphatic rings. The van der Waals surface area contributed by atoms with E-state index in [1.807, 2.05) is 99.0 Å². The molecule has 1 fully saturated rings. The molecule has 4 rings (SSSR count). The van der Waals surface area contributed by atoms with E-state index in [-0.39, 0.29) is 5.91 Å². The molecule has 2 N–H and O–H groups in total. The summed E-state index contributed by atoms with van der Waals surface area (Å²) in [5.41, 5.74) is 4.44. The van der Waals surface area contributed by atoms with E-state index in [1.54, 1.807) is 36.7 Å². The Kier molecular flexibility index (Phi) is 20.1. The number of benzene rings is 3. The summed E-state index contributed by atoms with van der Waals surface area (Å²) in [6.45, 7) is 11.9. The molecule has 3 atom stereocenters. The van der Waals surface area contributed by atoms with Gasteiger partial charge < -0.3 is 15.2 Å². The van der Waals surface area contributed by atoms with Crippen LogP contribution < -0.4 is 5.32 Å². The Balaban J connectivity index is 0.000000901. The number of thioether (sulfide) groups is 3. The molecule has 48 heavy (non-hydrogen) atoms. The van der Waals surface area contributed by atoms with Crippen molar-refractivity contribution in [1.82, 2.24) is 10.2 Å². The number of amides is 1. The topological polar surface area (TPSA) is 78.9 Å². The fraction of sp³-hybridized carbons (Fsp3) is 0.385. The van der Waals surface area contributed by atoms with Crippen LogP contribution in [0.25, 0.3) is 11.1 Å². The first-order valence-corrected chi connectivity index (χ1v) is 19.8. The number of carbonyl (C=O) groups is 2. The van der Waals surface area contributed by atoms with Crippen LogP contribution in [0.2, 0.25) is 0 Å². The molecule has 0 bridgehead atoms. The molecule has 0 aliphatic carbocycles. The molecular weight excluding hydrogens is 657 g/mol. The van der Waals surface area contributed by atoms with Gasteiger partial charge in [-0.1, -0.05) is 81.1 Å². The van der Waals surface area contributed by atoms with Crippen molar-refractivity contribution in [1.29, 1.82) is 0 Å². The smallest absolute Gasteiger partial charge is 0.326 e. The molecule has 260 valence electrons. The highest BCUT2D eigenvalue weighted by Gasteiger charge is 2.33. The van der Waals surface area contributed by atoms with Crippen molar-refractivity contribution in [2.75, 3.05) is 38.5 Å². The second-order valence-corrected chi connectivity index (χ2v) is 14.1. The van der Waals surface area contributed by atoms with Gasteiger partial charge in [0, 0.05) is 42.0 Å². The Morgan fingerprint density at radius 2 is 1.77 bits per heavy atom. The van der Waals surface area contributed by atoms with E-state index in [0.29, 0.717) is 35.6 Å². The predicted octanol–water partition coefficient (Wildman–Crippen LogP) is 9.06. The highest BCUT2D eigenvalue weighted by molar-refractivity contribution is 8.01. The zero-order valence-corrected chi connectivity index (χ0v) is 31.6. The molecular formula is C39H52N2O4S3. The third-order valence-electron chi connectivity index (χ3n) is 7.61. The summed E-state index contributed by atoms with van der Waals surface area (Å²) in [4.78, 5) is 29.0. The molecule has 1 saturated heterocycles.